The Bertz CT molecular complexity index is 703. The summed E-state index contributed by atoms with van der Waals surface area (Å²) in [6.45, 7) is 1.34. The fraction of sp³-hybridized carbons (Fsp3) is 0.429. The maximum Gasteiger partial charge on any atom is 0.247 e. The van der Waals surface area contributed by atoms with E-state index in [4.69, 9.17) is 5.11 Å². The molecular weight excluding hydrogens is 300 g/mol. The van der Waals surface area contributed by atoms with E-state index < -0.39 is 33.2 Å². The van der Waals surface area contributed by atoms with E-state index in [0.717, 1.165) is 18.9 Å². The molecule has 1 saturated carbocycles. The van der Waals surface area contributed by atoms with Crippen molar-refractivity contribution in [3.05, 3.63) is 29.3 Å². The molecule has 1 aromatic carbocycles. The molecule has 1 aromatic rings. The van der Waals surface area contributed by atoms with Crippen molar-refractivity contribution >= 4 is 10.0 Å². The molecule has 1 aliphatic rings. The second kappa shape index (κ2) is 6.10. The summed E-state index contributed by atoms with van der Waals surface area (Å²) in [6, 6.07) is 1.25. The largest absolute Gasteiger partial charge is 0.384 e. The lowest BCUT2D eigenvalue weighted by atomic mass is 10.2. The van der Waals surface area contributed by atoms with Crippen LogP contribution in [0.15, 0.2) is 17.0 Å². The van der Waals surface area contributed by atoms with Crippen LogP contribution < -0.4 is 0 Å². The lowest BCUT2D eigenvalue weighted by molar-refractivity contribution is 0.350. The number of aliphatic hydroxyl groups is 1. The van der Waals surface area contributed by atoms with Crippen LogP contribution in [-0.4, -0.2) is 37.0 Å². The second-order valence-electron chi connectivity index (χ2n) is 4.66. The molecule has 7 heteroatoms. The topological polar surface area (TPSA) is 57.6 Å². The molecule has 0 atom stereocenters. The maximum atomic E-state index is 14.0. The number of halogens is 2. The third-order valence-electron chi connectivity index (χ3n) is 3.14. The van der Waals surface area contributed by atoms with Gasteiger partial charge in [-0.25, -0.2) is 17.2 Å². The highest BCUT2D eigenvalue weighted by molar-refractivity contribution is 7.89. The van der Waals surface area contributed by atoms with Gasteiger partial charge in [-0.05, 0) is 18.9 Å². The van der Waals surface area contributed by atoms with Crippen molar-refractivity contribution in [2.45, 2.75) is 30.7 Å². The molecule has 0 aliphatic heterocycles. The Hall–Kier alpha value is -1.49. The Balaban J connectivity index is 2.61. The van der Waals surface area contributed by atoms with Gasteiger partial charge in [-0.3, -0.25) is 0 Å². The lowest BCUT2D eigenvalue weighted by Crippen LogP contribution is -2.34. The molecule has 1 fully saturated rings. The summed E-state index contributed by atoms with van der Waals surface area (Å²) in [4.78, 5) is -0.626. The van der Waals surface area contributed by atoms with Crippen molar-refractivity contribution in [3.8, 4) is 11.8 Å². The average molecular weight is 315 g/mol. The van der Waals surface area contributed by atoms with Gasteiger partial charge in [-0.1, -0.05) is 18.8 Å². The number of sulfonamides is 1. The highest BCUT2D eigenvalue weighted by Gasteiger charge is 2.39. The molecule has 0 saturated heterocycles. The number of hydrogen-bond acceptors (Lipinski definition) is 3. The minimum atomic E-state index is -4.09. The Labute approximate surface area is 122 Å². The van der Waals surface area contributed by atoms with Crippen LogP contribution in [0.2, 0.25) is 0 Å². The Morgan fingerprint density at radius 2 is 2.05 bits per heavy atom. The van der Waals surface area contributed by atoms with Crippen molar-refractivity contribution in [1.82, 2.24) is 4.31 Å². The summed E-state index contributed by atoms with van der Waals surface area (Å²) in [6.07, 6.45) is 1.46. The van der Waals surface area contributed by atoms with Crippen LogP contribution in [0, 0.1) is 23.5 Å². The second-order valence-corrected chi connectivity index (χ2v) is 6.49. The van der Waals surface area contributed by atoms with Crippen LogP contribution in [0.4, 0.5) is 8.78 Å². The zero-order valence-corrected chi connectivity index (χ0v) is 12.3. The molecule has 0 unspecified atom stereocenters. The van der Waals surface area contributed by atoms with Gasteiger partial charge in [-0.15, -0.1) is 0 Å². The average Bonchev–Trinajstić information content (AvgIpc) is 3.20. The van der Waals surface area contributed by atoms with Crippen LogP contribution in [0.1, 0.15) is 25.3 Å². The summed E-state index contributed by atoms with van der Waals surface area (Å²) < 4.78 is 53.7. The van der Waals surface area contributed by atoms with E-state index in [1.807, 2.05) is 0 Å². The van der Waals surface area contributed by atoms with Gasteiger partial charge in [0.25, 0.3) is 0 Å². The number of benzene rings is 1. The minimum absolute atomic E-state index is 0.136. The van der Waals surface area contributed by atoms with Gasteiger partial charge < -0.3 is 5.11 Å². The summed E-state index contributed by atoms with van der Waals surface area (Å²) in [5.41, 5.74) is -0.277. The lowest BCUT2D eigenvalue weighted by Gasteiger charge is -2.21. The van der Waals surface area contributed by atoms with Crippen LogP contribution in [-0.2, 0) is 10.0 Å². The zero-order chi connectivity index (χ0) is 15.6. The van der Waals surface area contributed by atoms with E-state index in [1.54, 1.807) is 6.92 Å². The molecular formula is C14H15F2NO3S. The molecule has 0 bridgehead atoms. The van der Waals surface area contributed by atoms with Crippen molar-refractivity contribution in [2.24, 2.45) is 0 Å². The van der Waals surface area contributed by atoms with Crippen LogP contribution >= 0.6 is 0 Å². The standard InChI is InChI=1S/C14H15F2NO3S/c1-2-17(12-5-6-12)21(19,20)14-10(4-3-7-18)8-11(15)9-13(14)16/h8-9,12,18H,2,5-7H2,1H3. The van der Waals surface area contributed by atoms with E-state index in [1.165, 1.54) is 4.31 Å². The normalized spacial score (nSPS) is 14.9. The monoisotopic (exact) mass is 315 g/mol. The van der Waals surface area contributed by atoms with Gasteiger partial charge in [0.15, 0.2) is 0 Å². The third-order valence-corrected chi connectivity index (χ3v) is 5.25. The Kier molecular flexibility index (Phi) is 4.61. The molecule has 114 valence electrons. The highest BCUT2D eigenvalue weighted by Crippen LogP contribution is 2.33. The zero-order valence-electron chi connectivity index (χ0n) is 11.4. The van der Waals surface area contributed by atoms with Gasteiger partial charge in [0.05, 0.1) is 5.56 Å². The number of nitrogens with zero attached hydrogens (tertiary/aromatic N) is 1. The van der Waals surface area contributed by atoms with E-state index >= 15 is 0 Å². The smallest absolute Gasteiger partial charge is 0.247 e. The van der Waals surface area contributed by atoms with E-state index in [-0.39, 0.29) is 18.2 Å². The number of rotatable bonds is 4. The van der Waals surface area contributed by atoms with Gasteiger partial charge in [0.1, 0.15) is 23.1 Å². The van der Waals surface area contributed by atoms with Crippen LogP contribution in [0.3, 0.4) is 0 Å². The van der Waals surface area contributed by atoms with Crippen LogP contribution in [0.25, 0.3) is 0 Å². The molecule has 21 heavy (non-hydrogen) atoms. The minimum Gasteiger partial charge on any atom is -0.384 e. The Morgan fingerprint density at radius 1 is 1.38 bits per heavy atom. The van der Waals surface area contributed by atoms with Gasteiger partial charge >= 0.3 is 0 Å². The number of aliphatic hydroxyl groups excluding tert-OH is 1. The highest BCUT2D eigenvalue weighted by atomic mass is 32.2. The SMILES string of the molecule is CCN(C1CC1)S(=O)(=O)c1c(F)cc(F)cc1C#CCO. The molecule has 0 radical (unpaired) electrons. The predicted molar refractivity (Wildman–Crippen MR) is 72.9 cm³/mol. The van der Waals surface area contributed by atoms with E-state index in [0.29, 0.717) is 6.07 Å². The molecule has 4 nitrogen and oxygen atoms in total. The summed E-state index contributed by atoms with van der Waals surface area (Å²) in [5, 5.41) is 8.69. The quantitative estimate of drug-likeness (QED) is 0.856. The van der Waals surface area contributed by atoms with Gasteiger partial charge in [0.2, 0.25) is 10.0 Å². The van der Waals surface area contributed by atoms with E-state index in [9.17, 15) is 17.2 Å². The fourth-order valence-electron chi connectivity index (χ4n) is 2.15. The van der Waals surface area contributed by atoms with Crippen molar-refractivity contribution < 1.29 is 22.3 Å². The van der Waals surface area contributed by atoms with Crippen molar-refractivity contribution in [2.75, 3.05) is 13.2 Å². The van der Waals surface area contributed by atoms with E-state index in [2.05, 4.69) is 11.8 Å². The first-order chi connectivity index (χ1) is 9.91. The van der Waals surface area contributed by atoms with Crippen molar-refractivity contribution in [1.29, 1.82) is 0 Å². The molecule has 1 aliphatic carbocycles. The van der Waals surface area contributed by atoms with Gasteiger partial charge in [0, 0.05) is 18.7 Å². The molecule has 2 rings (SSSR count). The first-order valence-electron chi connectivity index (χ1n) is 6.52. The Morgan fingerprint density at radius 3 is 2.57 bits per heavy atom. The first-order valence-corrected chi connectivity index (χ1v) is 7.96. The first kappa shape index (κ1) is 15.9. The molecule has 0 heterocycles. The van der Waals surface area contributed by atoms with Gasteiger partial charge in [-0.2, -0.15) is 4.31 Å². The molecule has 0 spiro atoms. The third kappa shape index (κ3) is 3.23. The number of hydrogen-bond donors (Lipinski definition) is 1. The summed E-state index contributed by atoms with van der Waals surface area (Å²) in [7, 11) is -4.09. The molecule has 0 aromatic heterocycles. The summed E-state index contributed by atoms with van der Waals surface area (Å²) in [5.74, 6) is 2.44. The molecule has 0 amide bonds. The maximum absolute atomic E-state index is 14.0. The van der Waals surface area contributed by atoms with Crippen molar-refractivity contribution in [3.63, 3.8) is 0 Å². The predicted octanol–water partition coefficient (Wildman–Crippen LogP) is 1.48. The summed E-state index contributed by atoms with van der Waals surface area (Å²) >= 11 is 0. The fourth-order valence-corrected chi connectivity index (χ4v) is 4.03. The molecule has 1 N–H and O–H groups in total. The van der Waals surface area contributed by atoms with Crippen LogP contribution in [0.5, 0.6) is 0 Å².